The van der Waals surface area contributed by atoms with Gasteiger partial charge in [0, 0.05) is 18.0 Å². The average molecular weight is 353 g/mol. The molecule has 1 fully saturated rings. The van der Waals surface area contributed by atoms with Crippen molar-refractivity contribution in [2.45, 2.75) is 25.9 Å². The van der Waals surface area contributed by atoms with E-state index in [2.05, 4.69) is 4.90 Å². The van der Waals surface area contributed by atoms with E-state index in [4.69, 9.17) is 4.74 Å². The number of aliphatic hydroxyl groups is 1. The Kier molecular flexibility index (Phi) is 6.42. The number of carbonyl (C=O) groups excluding carboxylic acids is 1. The number of β-amino-alcohol motifs (C(OH)–C–C–N with tert-alkyl or cyclic N) is 1. The second-order valence-electron chi connectivity index (χ2n) is 7.08. The molecule has 0 amide bonds. The smallest absolute Gasteiger partial charge is 0.166 e. The molecular formula is C22H27NO3. The van der Waals surface area contributed by atoms with Crippen LogP contribution in [0.3, 0.4) is 0 Å². The Morgan fingerprint density at radius 3 is 2.42 bits per heavy atom. The van der Waals surface area contributed by atoms with Crippen molar-refractivity contribution < 1.29 is 14.6 Å². The van der Waals surface area contributed by atoms with Gasteiger partial charge in [-0.15, -0.1) is 0 Å². The number of rotatable bonds is 7. The molecule has 0 aliphatic carbocycles. The molecule has 0 bridgehead atoms. The number of carbonyl (C=O) groups is 1. The number of para-hydroxylation sites is 1. The van der Waals surface area contributed by atoms with E-state index >= 15 is 0 Å². The van der Waals surface area contributed by atoms with Gasteiger partial charge >= 0.3 is 0 Å². The summed E-state index contributed by atoms with van der Waals surface area (Å²) in [5.41, 5.74) is 1.98. The van der Waals surface area contributed by atoms with Gasteiger partial charge in [-0.05, 0) is 45.0 Å². The van der Waals surface area contributed by atoms with E-state index in [1.54, 1.807) is 0 Å². The molecule has 0 aromatic heterocycles. The normalized spacial score (nSPS) is 17.0. The monoisotopic (exact) mass is 353 g/mol. The van der Waals surface area contributed by atoms with Crippen LogP contribution in [0.25, 0.3) is 0 Å². The maximum atomic E-state index is 12.6. The maximum Gasteiger partial charge on any atom is 0.166 e. The first-order valence-corrected chi connectivity index (χ1v) is 9.31. The number of Topliss-reactive ketones (excluding diaryl/α,β-unsaturated/α-hetero) is 1. The molecule has 26 heavy (non-hydrogen) atoms. The number of hydrogen-bond acceptors (Lipinski definition) is 4. The first-order valence-electron chi connectivity index (χ1n) is 9.31. The molecule has 0 saturated carbocycles. The third kappa shape index (κ3) is 5.16. The van der Waals surface area contributed by atoms with E-state index in [0.717, 1.165) is 37.2 Å². The molecule has 3 rings (SSSR count). The summed E-state index contributed by atoms with van der Waals surface area (Å²) < 4.78 is 5.61. The lowest BCUT2D eigenvalue weighted by Crippen LogP contribution is -2.42. The number of benzene rings is 2. The Labute approximate surface area is 155 Å². The zero-order valence-corrected chi connectivity index (χ0v) is 15.3. The van der Waals surface area contributed by atoms with Gasteiger partial charge in [-0.25, -0.2) is 0 Å². The highest BCUT2D eigenvalue weighted by molar-refractivity contribution is 5.97. The topological polar surface area (TPSA) is 49.8 Å². The minimum absolute atomic E-state index is 0.0895. The van der Waals surface area contributed by atoms with E-state index in [9.17, 15) is 9.90 Å². The van der Waals surface area contributed by atoms with Crippen LogP contribution in [0.1, 0.15) is 28.8 Å². The third-order valence-corrected chi connectivity index (χ3v) is 4.95. The summed E-state index contributed by atoms with van der Waals surface area (Å²) in [6.07, 6.45) is 1.16. The number of aryl methyl sites for hydroxylation is 1. The van der Waals surface area contributed by atoms with Gasteiger partial charge in [-0.2, -0.15) is 0 Å². The molecule has 1 heterocycles. The van der Waals surface area contributed by atoms with Crippen LogP contribution in [0.5, 0.6) is 5.75 Å². The highest BCUT2D eigenvalue weighted by atomic mass is 16.5. The number of piperidine rings is 1. The van der Waals surface area contributed by atoms with Crippen molar-refractivity contribution in [1.82, 2.24) is 4.90 Å². The van der Waals surface area contributed by atoms with Crippen molar-refractivity contribution in [3.8, 4) is 5.75 Å². The van der Waals surface area contributed by atoms with Gasteiger partial charge in [-0.3, -0.25) is 4.79 Å². The van der Waals surface area contributed by atoms with Crippen molar-refractivity contribution in [3.63, 3.8) is 0 Å². The first kappa shape index (κ1) is 18.6. The molecule has 2 aromatic rings. The quantitative estimate of drug-likeness (QED) is 0.776. The standard InChI is InChI=1S/C22H27NO3/c1-17-7-9-18(10-8-17)22(25)19-11-13-23(14-12-19)15-20(24)16-26-21-5-3-2-4-6-21/h2-10,19-20,24H,11-16H2,1H3. The molecule has 1 saturated heterocycles. The number of hydrogen-bond donors (Lipinski definition) is 1. The fourth-order valence-electron chi connectivity index (χ4n) is 3.39. The van der Waals surface area contributed by atoms with Gasteiger partial charge in [-0.1, -0.05) is 48.0 Å². The van der Waals surface area contributed by atoms with Crippen molar-refractivity contribution in [1.29, 1.82) is 0 Å². The van der Waals surface area contributed by atoms with Gasteiger partial charge < -0.3 is 14.7 Å². The molecule has 0 radical (unpaired) electrons. The summed E-state index contributed by atoms with van der Waals surface area (Å²) >= 11 is 0. The van der Waals surface area contributed by atoms with Crippen molar-refractivity contribution in [3.05, 3.63) is 65.7 Å². The molecular weight excluding hydrogens is 326 g/mol. The largest absolute Gasteiger partial charge is 0.491 e. The first-order chi connectivity index (χ1) is 12.6. The van der Waals surface area contributed by atoms with Gasteiger partial charge in [0.2, 0.25) is 0 Å². The van der Waals surface area contributed by atoms with Crippen LogP contribution in [0.2, 0.25) is 0 Å². The number of ketones is 1. The second-order valence-corrected chi connectivity index (χ2v) is 7.08. The lowest BCUT2D eigenvalue weighted by molar-refractivity contribution is 0.0524. The lowest BCUT2D eigenvalue weighted by Gasteiger charge is -2.32. The van der Waals surface area contributed by atoms with Gasteiger partial charge in [0.15, 0.2) is 5.78 Å². The molecule has 2 aromatic carbocycles. The summed E-state index contributed by atoms with van der Waals surface area (Å²) in [7, 11) is 0. The molecule has 0 spiro atoms. The predicted molar refractivity (Wildman–Crippen MR) is 103 cm³/mol. The van der Waals surface area contributed by atoms with Crippen molar-refractivity contribution in [2.75, 3.05) is 26.2 Å². The molecule has 4 heteroatoms. The highest BCUT2D eigenvalue weighted by Crippen LogP contribution is 2.22. The number of likely N-dealkylation sites (tertiary alicyclic amines) is 1. The molecule has 1 aliphatic heterocycles. The van der Waals surface area contributed by atoms with Crippen LogP contribution in [-0.2, 0) is 0 Å². The molecule has 4 nitrogen and oxygen atoms in total. The van der Waals surface area contributed by atoms with Crippen LogP contribution in [-0.4, -0.2) is 48.1 Å². The summed E-state index contributed by atoms with van der Waals surface area (Å²) in [6.45, 7) is 4.57. The van der Waals surface area contributed by atoms with Crippen LogP contribution in [0.15, 0.2) is 54.6 Å². The average Bonchev–Trinajstić information content (AvgIpc) is 2.68. The highest BCUT2D eigenvalue weighted by Gasteiger charge is 2.26. The number of nitrogens with zero attached hydrogens (tertiary/aromatic N) is 1. The molecule has 1 unspecified atom stereocenters. The van der Waals surface area contributed by atoms with Gasteiger partial charge in [0.1, 0.15) is 18.5 Å². The summed E-state index contributed by atoms with van der Waals surface area (Å²) in [6, 6.07) is 17.4. The third-order valence-electron chi connectivity index (χ3n) is 4.95. The maximum absolute atomic E-state index is 12.6. The SMILES string of the molecule is Cc1ccc(C(=O)C2CCN(CC(O)COc3ccccc3)CC2)cc1. The van der Waals surface area contributed by atoms with E-state index < -0.39 is 6.10 Å². The van der Waals surface area contributed by atoms with E-state index in [1.165, 1.54) is 5.56 Å². The summed E-state index contributed by atoms with van der Waals surface area (Å²) in [5.74, 6) is 1.11. The van der Waals surface area contributed by atoms with Crippen LogP contribution >= 0.6 is 0 Å². The zero-order valence-electron chi connectivity index (χ0n) is 15.3. The second kappa shape index (κ2) is 8.97. The van der Waals surface area contributed by atoms with Crippen molar-refractivity contribution >= 4 is 5.78 Å². The fraction of sp³-hybridized carbons (Fsp3) is 0.409. The predicted octanol–water partition coefficient (Wildman–Crippen LogP) is 3.33. The Balaban J connectivity index is 1.41. The number of ether oxygens (including phenoxy) is 1. The fourth-order valence-corrected chi connectivity index (χ4v) is 3.39. The Hall–Kier alpha value is -2.17. The number of aliphatic hydroxyl groups excluding tert-OH is 1. The Bertz CT molecular complexity index is 691. The van der Waals surface area contributed by atoms with Gasteiger partial charge in [0.25, 0.3) is 0 Å². The lowest BCUT2D eigenvalue weighted by atomic mass is 9.88. The molecule has 138 valence electrons. The summed E-state index contributed by atoms with van der Waals surface area (Å²) in [5, 5.41) is 10.2. The van der Waals surface area contributed by atoms with Crippen LogP contribution in [0, 0.1) is 12.8 Å². The Morgan fingerprint density at radius 1 is 1.12 bits per heavy atom. The summed E-state index contributed by atoms with van der Waals surface area (Å²) in [4.78, 5) is 14.8. The minimum atomic E-state index is -0.528. The van der Waals surface area contributed by atoms with Crippen LogP contribution < -0.4 is 4.74 Å². The van der Waals surface area contributed by atoms with Crippen LogP contribution in [0.4, 0.5) is 0 Å². The van der Waals surface area contributed by atoms with Crippen molar-refractivity contribution in [2.24, 2.45) is 5.92 Å². The zero-order chi connectivity index (χ0) is 18.4. The van der Waals surface area contributed by atoms with E-state index in [-0.39, 0.29) is 18.3 Å². The molecule has 1 N–H and O–H groups in total. The van der Waals surface area contributed by atoms with Gasteiger partial charge in [0.05, 0.1) is 0 Å². The molecule has 1 aliphatic rings. The Morgan fingerprint density at radius 2 is 1.77 bits per heavy atom. The minimum Gasteiger partial charge on any atom is -0.491 e. The van der Waals surface area contributed by atoms with E-state index in [0.29, 0.717) is 6.54 Å². The van der Waals surface area contributed by atoms with E-state index in [1.807, 2.05) is 61.5 Å². The molecule has 1 atom stereocenters.